The Labute approximate surface area is 193 Å². The van der Waals surface area contributed by atoms with Gasteiger partial charge in [-0.25, -0.2) is 4.39 Å². The zero-order chi connectivity index (χ0) is 24.3. The van der Waals surface area contributed by atoms with Crippen molar-refractivity contribution in [3.8, 4) is 0 Å². The molecule has 4 rings (SSSR count). The Balaban J connectivity index is 1.37. The van der Waals surface area contributed by atoms with E-state index in [4.69, 9.17) is 0 Å². The van der Waals surface area contributed by atoms with Crippen molar-refractivity contribution in [2.75, 3.05) is 5.32 Å². The first-order valence-electron chi connectivity index (χ1n) is 10.8. The number of hydrogen-bond donors (Lipinski definition) is 1. The van der Waals surface area contributed by atoms with Gasteiger partial charge >= 0.3 is 6.18 Å². The van der Waals surface area contributed by atoms with E-state index in [0.29, 0.717) is 37.1 Å². The lowest BCUT2D eigenvalue weighted by molar-refractivity contribution is -0.138. The zero-order valence-electron chi connectivity index (χ0n) is 18.0. The van der Waals surface area contributed by atoms with Crippen molar-refractivity contribution in [3.63, 3.8) is 0 Å². The maximum Gasteiger partial charge on any atom is 0.417 e. The van der Waals surface area contributed by atoms with E-state index in [1.165, 1.54) is 42.5 Å². The lowest BCUT2D eigenvalue weighted by atomic mass is 9.77. The fourth-order valence-corrected chi connectivity index (χ4v) is 4.26. The fourth-order valence-electron chi connectivity index (χ4n) is 4.26. The van der Waals surface area contributed by atoms with Gasteiger partial charge in [-0.05, 0) is 62.1 Å². The summed E-state index contributed by atoms with van der Waals surface area (Å²) in [6.45, 7) is 0. The van der Waals surface area contributed by atoms with Gasteiger partial charge in [0.05, 0.1) is 11.3 Å². The molecule has 3 aromatic rings. The summed E-state index contributed by atoms with van der Waals surface area (Å²) >= 11 is 0. The lowest BCUT2D eigenvalue weighted by Gasteiger charge is -2.27. The van der Waals surface area contributed by atoms with Crippen LogP contribution in [0.15, 0.2) is 60.7 Å². The summed E-state index contributed by atoms with van der Waals surface area (Å²) in [7, 11) is 0. The summed E-state index contributed by atoms with van der Waals surface area (Å²) < 4.78 is 53.1. The Hall–Kier alpha value is -3.62. The van der Waals surface area contributed by atoms with Crippen molar-refractivity contribution >= 4 is 17.4 Å². The molecule has 5 nitrogen and oxygen atoms in total. The summed E-state index contributed by atoms with van der Waals surface area (Å²) in [4.78, 5) is 25.1. The average molecular weight is 471 g/mol. The number of nitrogens with one attached hydrogen (secondary N) is 1. The average Bonchev–Trinajstić information content (AvgIpc) is 2.83. The smallest absolute Gasteiger partial charge is 0.320 e. The molecule has 0 unspecified atom stereocenters. The number of carbonyl (C=O) groups is 2. The molecule has 0 bridgehead atoms. The maximum atomic E-state index is 13.3. The first kappa shape index (κ1) is 23.5. The van der Waals surface area contributed by atoms with Crippen molar-refractivity contribution in [3.05, 3.63) is 89.0 Å². The number of halogens is 4. The van der Waals surface area contributed by atoms with E-state index in [0.717, 1.165) is 6.07 Å². The number of anilines is 1. The molecule has 1 saturated carbocycles. The number of Topliss-reactive ketones (excluding diaryl/α,β-unsaturated/α-hetero) is 1. The molecule has 34 heavy (non-hydrogen) atoms. The SMILES string of the molecule is O=C(Nc1cccc(F)c1)c1ccc(C2CCC(C(=O)c3ccccc3C(F)(F)F)CC2)nn1. The van der Waals surface area contributed by atoms with Gasteiger partial charge in [0.25, 0.3) is 5.91 Å². The summed E-state index contributed by atoms with van der Waals surface area (Å²) in [5.41, 5.74) is -0.164. The second kappa shape index (κ2) is 9.70. The quantitative estimate of drug-likeness (QED) is 0.364. The Kier molecular flexibility index (Phi) is 6.72. The van der Waals surface area contributed by atoms with Gasteiger partial charge in [-0.15, -0.1) is 5.10 Å². The topological polar surface area (TPSA) is 72.0 Å². The third-order valence-corrected chi connectivity index (χ3v) is 6.01. The normalized spacial score (nSPS) is 18.4. The Morgan fingerprint density at radius 2 is 1.62 bits per heavy atom. The highest BCUT2D eigenvalue weighted by atomic mass is 19.4. The van der Waals surface area contributed by atoms with Gasteiger partial charge in [0, 0.05) is 23.1 Å². The Morgan fingerprint density at radius 3 is 2.26 bits per heavy atom. The molecule has 1 aliphatic rings. The van der Waals surface area contributed by atoms with Crippen LogP contribution in [-0.4, -0.2) is 21.9 Å². The van der Waals surface area contributed by atoms with E-state index in [9.17, 15) is 27.2 Å². The molecule has 0 saturated heterocycles. The Bertz CT molecular complexity index is 1190. The highest BCUT2D eigenvalue weighted by Crippen LogP contribution is 2.38. The minimum atomic E-state index is -4.58. The van der Waals surface area contributed by atoms with E-state index >= 15 is 0 Å². The third kappa shape index (κ3) is 5.30. The molecule has 1 heterocycles. The predicted octanol–water partition coefficient (Wildman–Crippen LogP) is 6.04. The molecule has 1 N–H and O–H groups in total. The van der Waals surface area contributed by atoms with Gasteiger partial charge in [-0.3, -0.25) is 9.59 Å². The lowest BCUT2D eigenvalue weighted by Crippen LogP contribution is -2.24. The second-order valence-electron chi connectivity index (χ2n) is 8.26. The molecule has 0 radical (unpaired) electrons. The van der Waals surface area contributed by atoms with Gasteiger partial charge in [-0.1, -0.05) is 24.3 Å². The van der Waals surface area contributed by atoms with Gasteiger partial charge in [0.2, 0.25) is 0 Å². The molecule has 0 spiro atoms. The fraction of sp³-hybridized carbons (Fsp3) is 0.280. The molecule has 2 aromatic carbocycles. The molecule has 1 fully saturated rings. The molecule has 9 heteroatoms. The van der Waals surface area contributed by atoms with Crippen molar-refractivity contribution in [2.45, 2.75) is 37.8 Å². The van der Waals surface area contributed by atoms with E-state index in [-0.39, 0.29) is 17.2 Å². The highest BCUT2D eigenvalue weighted by molar-refractivity contribution is 6.02. The van der Waals surface area contributed by atoms with Crippen LogP contribution in [0, 0.1) is 11.7 Å². The number of alkyl halides is 3. The third-order valence-electron chi connectivity index (χ3n) is 6.01. The van der Waals surface area contributed by atoms with Crippen LogP contribution in [0.5, 0.6) is 0 Å². The number of carbonyl (C=O) groups excluding carboxylic acids is 2. The zero-order valence-corrected chi connectivity index (χ0v) is 18.0. The first-order chi connectivity index (χ1) is 16.2. The van der Waals surface area contributed by atoms with Crippen LogP contribution in [0.1, 0.15) is 63.7 Å². The van der Waals surface area contributed by atoms with Crippen molar-refractivity contribution in [2.24, 2.45) is 5.92 Å². The number of ketones is 1. The van der Waals surface area contributed by atoms with Crippen molar-refractivity contribution < 1.29 is 27.2 Å². The van der Waals surface area contributed by atoms with Crippen LogP contribution in [0.2, 0.25) is 0 Å². The molecular weight excluding hydrogens is 450 g/mol. The number of rotatable bonds is 5. The van der Waals surface area contributed by atoms with E-state index in [1.54, 1.807) is 12.1 Å². The van der Waals surface area contributed by atoms with Gasteiger partial charge in [-0.2, -0.15) is 18.3 Å². The first-order valence-corrected chi connectivity index (χ1v) is 10.8. The molecule has 1 aliphatic carbocycles. The number of amides is 1. The van der Waals surface area contributed by atoms with Crippen LogP contribution in [-0.2, 0) is 6.18 Å². The van der Waals surface area contributed by atoms with Crippen LogP contribution in [0.25, 0.3) is 0 Å². The standard InChI is InChI=1S/C25H21F4N3O2/c26-17-4-3-5-18(14-17)30-24(34)22-13-12-21(31-32-22)15-8-10-16(11-9-15)23(33)19-6-1-2-7-20(19)25(27,28)29/h1-7,12-16H,8-11H2,(H,30,34). The molecule has 1 aromatic heterocycles. The molecule has 1 amide bonds. The number of hydrogen-bond acceptors (Lipinski definition) is 4. The maximum absolute atomic E-state index is 13.3. The summed E-state index contributed by atoms with van der Waals surface area (Å²) in [6.07, 6.45) is -2.54. The minimum absolute atomic E-state index is 0.00487. The second-order valence-corrected chi connectivity index (χ2v) is 8.26. The largest absolute Gasteiger partial charge is 0.417 e. The predicted molar refractivity (Wildman–Crippen MR) is 117 cm³/mol. The van der Waals surface area contributed by atoms with Crippen molar-refractivity contribution in [1.82, 2.24) is 10.2 Å². The van der Waals surface area contributed by atoms with E-state index < -0.39 is 35.2 Å². The number of nitrogens with zero attached hydrogens (tertiary/aromatic N) is 2. The van der Waals surface area contributed by atoms with Crippen LogP contribution >= 0.6 is 0 Å². The van der Waals surface area contributed by atoms with Crippen molar-refractivity contribution in [1.29, 1.82) is 0 Å². The van der Waals surface area contributed by atoms with Crippen LogP contribution < -0.4 is 5.32 Å². The van der Waals surface area contributed by atoms with Crippen LogP contribution in [0.3, 0.4) is 0 Å². The van der Waals surface area contributed by atoms with E-state index in [1.807, 2.05) is 0 Å². The summed E-state index contributed by atoms with van der Waals surface area (Å²) in [5.74, 6) is -1.97. The molecular formula is C25H21F4N3O2. The van der Waals surface area contributed by atoms with Crippen LogP contribution in [0.4, 0.5) is 23.2 Å². The van der Waals surface area contributed by atoms with Gasteiger partial charge in [0.1, 0.15) is 5.82 Å². The summed E-state index contributed by atoms with van der Waals surface area (Å²) in [5, 5.41) is 10.7. The minimum Gasteiger partial charge on any atom is -0.320 e. The molecule has 0 atom stereocenters. The van der Waals surface area contributed by atoms with Gasteiger partial charge < -0.3 is 5.32 Å². The van der Waals surface area contributed by atoms with E-state index in [2.05, 4.69) is 15.5 Å². The Morgan fingerprint density at radius 1 is 0.882 bits per heavy atom. The number of benzene rings is 2. The number of aromatic nitrogens is 2. The summed E-state index contributed by atoms with van der Waals surface area (Å²) in [6, 6.07) is 13.6. The molecule has 0 aliphatic heterocycles. The monoisotopic (exact) mass is 471 g/mol. The molecule has 176 valence electrons. The highest BCUT2D eigenvalue weighted by Gasteiger charge is 2.37. The van der Waals surface area contributed by atoms with Gasteiger partial charge in [0.15, 0.2) is 11.5 Å².